The number of rotatable bonds is 3. The van der Waals surface area contributed by atoms with E-state index in [4.69, 9.17) is 0 Å². The summed E-state index contributed by atoms with van der Waals surface area (Å²) in [7, 11) is 0. The van der Waals surface area contributed by atoms with Gasteiger partial charge in [0, 0.05) is 22.0 Å². The molecule has 1 nitrogen and oxygen atoms in total. The molecule has 0 aliphatic carbocycles. The highest BCUT2D eigenvalue weighted by Gasteiger charge is 2.16. The largest absolute Gasteiger partial charge is 0.309 e. The molecule has 0 radical (unpaired) electrons. The molecule has 0 N–H and O–H groups in total. The molecule has 0 fully saturated rings. The van der Waals surface area contributed by atoms with E-state index in [-0.39, 0.29) is 0 Å². The number of para-hydroxylation sites is 1. The lowest BCUT2D eigenvalue weighted by atomic mass is 10.0. The number of allylic oxidation sites excluding steroid dienone is 1. The minimum Gasteiger partial charge on any atom is -0.309 e. The minimum absolute atomic E-state index is 1.17. The van der Waals surface area contributed by atoms with E-state index in [1.165, 1.54) is 38.6 Å². The Morgan fingerprint density at radius 2 is 1.58 bits per heavy atom. The second kappa shape index (κ2) is 5.86. The van der Waals surface area contributed by atoms with Crippen molar-refractivity contribution >= 4 is 33.8 Å². The Morgan fingerprint density at radius 3 is 2.33 bits per heavy atom. The van der Waals surface area contributed by atoms with Gasteiger partial charge in [0.15, 0.2) is 0 Å². The van der Waals surface area contributed by atoms with Gasteiger partial charge in [0.25, 0.3) is 0 Å². The zero-order valence-corrected chi connectivity index (χ0v) is 13.7. The number of hydrogen-bond acceptors (Lipinski definition) is 0. The summed E-state index contributed by atoms with van der Waals surface area (Å²) in [5, 5.41) is 3.75. The molecule has 3 aromatic carbocycles. The van der Waals surface area contributed by atoms with Crippen LogP contribution >= 0.6 is 0 Å². The van der Waals surface area contributed by atoms with Crippen molar-refractivity contribution in [3.05, 3.63) is 90.6 Å². The average Bonchev–Trinajstić information content (AvgIpc) is 2.96. The predicted octanol–water partition coefficient (Wildman–Crippen LogP) is 6.46. The molecular weight excluding hydrogens is 290 g/mol. The summed E-state index contributed by atoms with van der Waals surface area (Å²) in [6.07, 6.45) is 6.22. The summed E-state index contributed by atoms with van der Waals surface area (Å²) in [5.74, 6) is 0. The average molecular weight is 309 g/mol. The molecule has 0 bridgehead atoms. The first-order valence-electron chi connectivity index (χ1n) is 8.22. The van der Waals surface area contributed by atoms with Crippen LogP contribution in [0.4, 0.5) is 0 Å². The van der Waals surface area contributed by atoms with Crippen LogP contribution in [0.2, 0.25) is 0 Å². The maximum absolute atomic E-state index is 4.06. The molecule has 116 valence electrons. The summed E-state index contributed by atoms with van der Waals surface area (Å²) in [6.45, 7) is 6.12. The van der Waals surface area contributed by atoms with Gasteiger partial charge in [0.1, 0.15) is 0 Å². The van der Waals surface area contributed by atoms with Gasteiger partial charge in [-0.3, -0.25) is 0 Å². The monoisotopic (exact) mass is 309 g/mol. The van der Waals surface area contributed by atoms with Crippen LogP contribution in [0.15, 0.2) is 79.4 Å². The van der Waals surface area contributed by atoms with E-state index in [0.29, 0.717) is 0 Å². The van der Waals surface area contributed by atoms with Crippen LogP contribution in [0.25, 0.3) is 39.5 Å². The van der Waals surface area contributed by atoms with Crippen LogP contribution in [0.1, 0.15) is 18.2 Å². The van der Waals surface area contributed by atoms with Crippen molar-refractivity contribution in [3.63, 3.8) is 0 Å². The Labute approximate surface area is 142 Å². The maximum atomic E-state index is 4.06. The fraction of sp³-hybridized carbons (Fsp3) is 0.0435. The first kappa shape index (κ1) is 14.5. The summed E-state index contributed by atoms with van der Waals surface area (Å²) in [6, 6.07) is 23.5. The summed E-state index contributed by atoms with van der Waals surface area (Å²) in [5.41, 5.74) is 4.75. The third-order valence-electron chi connectivity index (χ3n) is 4.47. The van der Waals surface area contributed by atoms with Gasteiger partial charge >= 0.3 is 0 Å². The van der Waals surface area contributed by atoms with Crippen molar-refractivity contribution in [2.24, 2.45) is 0 Å². The molecule has 0 aliphatic heterocycles. The molecule has 0 saturated heterocycles. The number of fused-ring (bicyclic) bond motifs is 3. The molecule has 0 amide bonds. The van der Waals surface area contributed by atoms with Gasteiger partial charge in [-0.15, -0.1) is 0 Å². The first-order valence-corrected chi connectivity index (χ1v) is 8.22. The van der Waals surface area contributed by atoms with E-state index in [0.717, 1.165) is 0 Å². The SMILES string of the molecule is C=Cc1c(/C=C\C)n(-c2ccccc2)c2c1ccc1ccccc12. The number of hydrogen-bond donors (Lipinski definition) is 0. The van der Waals surface area contributed by atoms with E-state index < -0.39 is 0 Å². The lowest BCUT2D eigenvalue weighted by Gasteiger charge is -2.10. The number of aromatic nitrogens is 1. The lowest BCUT2D eigenvalue weighted by Crippen LogP contribution is -1.97. The third-order valence-corrected chi connectivity index (χ3v) is 4.47. The van der Waals surface area contributed by atoms with Crippen molar-refractivity contribution < 1.29 is 0 Å². The summed E-state index contributed by atoms with van der Waals surface area (Å²) in [4.78, 5) is 0. The molecule has 0 aliphatic rings. The molecule has 4 rings (SSSR count). The minimum atomic E-state index is 1.17. The summed E-state index contributed by atoms with van der Waals surface area (Å²) >= 11 is 0. The molecule has 24 heavy (non-hydrogen) atoms. The lowest BCUT2D eigenvalue weighted by molar-refractivity contribution is 1.11. The fourth-order valence-electron chi connectivity index (χ4n) is 3.47. The standard InChI is InChI=1S/C23H19N/c1-3-10-22-19(4-2)21-16-15-17-11-8-9-14-20(17)23(21)24(22)18-12-6-5-7-13-18/h3-16H,2H2,1H3/b10-3-. The van der Waals surface area contributed by atoms with Crippen LogP contribution in [-0.4, -0.2) is 4.57 Å². The molecule has 1 heterocycles. The van der Waals surface area contributed by atoms with Gasteiger partial charge < -0.3 is 4.57 Å². The highest BCUT2D eigenvalue weighted by Crippen LogP contribution is 2.36. The van der Waals surface area contributed by atoms with Crippen molar-refractivity contribution in [1.29, 1.82) is 0 Å². The molecule has 0 spiro atoms. The van der Waals surface area contributed by atoms with Gasteiger partial charge in [0.2, 0.25) is 0 Å². The topological polar surface area (TPSA) is 4.93 Å². The van der Waals surface area contributed by atoms with E-state index >= 15 is 0 Å². The quantitative estimate of drug-likeness (QED) is 0.409. The highest BCUT2D eigenvalue weighted by molar-refractivity contribution is 6.10. The molecular formula is C23H19N. The maximum Gasteiger partial charge on any atom is 0.0619 e. The first-order chi connectivity index (χ1) is 11.8. The number of nitrogens with zero attached hydrogens (tertiary/aromatic N) is 1. The van der Waals surface area contributed by atoms with Gasteiger partial charge in [-0.1, -0.05) is 73.3 Å². The van der Waals surface area contributed by atoms with E-state index in [1.807, 2.05) is 6.08 Å². The Morgan fingerprint density at radius 1 is 0.833 bits per heavy atom. The Bertz CT molecular complexity index is 1070. The van der Waals surface area contributed by atoms with Crippen LogP contribution in [-0.2, 0) is 0 Å². The zero-order chi connectivity index (χ0) is 16.5. The predicted molar refractivity (Wildman–Crippen MR) is 106 cm³/mol. The summed E-state index contributed by atoms with van der Waals surface area (Å²) < 4.78 is 2.34. The van der Waals surface area contributed by atoms with Crippen molar-refractivity contribution in [2.75, 3.05) is 0 Å². The normalized spacial score (nSPS) is 11.5. The van der Waals surface area contributed by atoms with E-state index in [1.54, 1.807) is 0 Å². The highest BCUT2D eigenvalue weighted by atomic mass is 15.0. The molecule has 0 saturated carbocycles. The number of benzene rings is 3. The third kappa shape index (κ3) is 2.10. The van der Waals surface area contributed by atoms with Crippen LogP contribution in [0.5, 0.6) is 0 Å². The van der Waals surface area contributed by atoms with Crippen LogP contribution in [0.3, 0.4) is 0 Å². The Kier molecular flexibility index (Phi) is 3.55. The van der Waals surface area contributed by atoms with Crippen molar-refractivity contribution in [2.45, 2.75) is 6.92 Å². The van der Waals surface area contributed by atoms with Gasteiger partial charge in [-0.05, 0) is 30.5 Å². The molecule has 4 aromatic rings. The van der Waals surface area contributed by atoms with Crippen LogP contribution in [0, 0.1) is 0 Å². The molecule has 0 atom stereocenters. The molecule has 0 unspecified atom stereocenters. The van der Waals surface area contributed by atoms with Gasteiger partial charge in [0.05, 0.1) is 11.2 Å². The van der Waals surface area contributed by atoms with Gasteiger partial charge in [-0.25, -0.2) is 0 Å². The fourth-order valence-corrected chi connectivity index (χ4v) is 3.47. The van der Waals surface area contributed by atoms with E-state index in [2.05, 4.69) is 97.0 Å². The van der Waals surface area contributed by atoms with Gasteiger partial charge in [-0.2, -0.15) is 0 Å². The second-order valence-electron chi connectivity index (χ2n) is 5.86. The van der Waals surface area contributed by atoms with Crippen LogP contribution < -0.4 is 0 Å². The zero-order valence-electron chi connectivity index (χ0n) is 13.7. The smallest absolute Gasteiger partial charge is 0.0619 e. The Hall–Kier alpha value is -3.06. The van der Waals surface area contributed by atoms with E-state index in [9.17, 15) is 0 Å². The van der Waals surface area contributed by atoms with Crippen molar-refractivity contribution in [1.82, 2.24) is 4.57 Å². The van der Waals surface area contributed by atoms with Crippen molar-refractivity contribution in [3.8, 4) is 5.69 Å². The Balaban J connectivity index is 2.27. The molecule has 1 aromatic heterocycles. The molecule has 1 heteroatoms. The second-order valence-corrected chi connectivity index (χ2v) is 5.86.